The molecule has 7 heteroatoms. The van der Waals surface area contributed by atoms with Gasteiger partial charge in [-0.05, 0) is 54.7 Å². The molecule has 0 amide bonds. The Labute approximate surface area is 154 Å². The number of methoxy groups -OCH3 is 1. The van der Waals surface area contributed by atoms with E-state index >= 15 is 0 Å². The van der Waals surface area contributed by atoms with Crippen LogP contribution in [0.4, 0.5) is 0 Å². The van der Waals surface area contributed by atoms with Crippen molar-refractivity contribution in [2.45, 2.75) is 32.8 Å². The SMILES string of the molecule is COc1cc(/C=N\NC(=S)NC[C@H]2CCCO2)ccc1OCC(C)C. The van der Waals surface area contributed by atoms with Crippen LogP contribution in [0.2, 0.25) is 0 Å². The van der Waals surface area contributed by atoms with Gasteiger partial charge in [0.05, 0.1) is 26.0 Å². The number of hydrazone groups is 1. The summed E-state index contributed by atoms with van der Waals surface area (Å²) in [5.41, 5.74) is 3.70. The van der Waals surface area contributed by atoms with Crippen LogP contribution in [0.1, 0.15) is 32.3 Å². The molecular weight excluding hydrogens is 338 g/mol. The van der Waals surface area contributed by atoms with Crippen molar-refractivity contribution in [3.63, 3.8) is 0 Å². The lowest BCUT2D eigenvalue weighted by atomic mass is 10.2. The zero-order valence-electron chi connectivity index (χ0n) is 15.1. The lowest BCUT2D eigenvalue weighted by molar-refractivity contribution is 0.114. The lowest BCUT2D eigenvalue weighted by Crippen LogP contribution is -2.37. The Hall–Kier alpha value is -1.86. The van der Waals surface area contributed by atoms with Crippen LogP contribution in [0, 0.1) is 5.92 Å². The van der Waals surface area contributed by atoms with E-state index in [9.17, 15) is 0 Å². The normalized spacial score (nSPS) is 17.0. The van der Waals surface area contributed by atoms with Crippen LogP contribution >= 0.6 is 12.2 Å². The van der Waals surface area contributed by atoms with Crippen molar-refractivity contribution in [3.8, 4) is 11.5 Å². The topological polar surface area (TPSA) is 64.1 Å². The summed E-state index contributed by atoms with van der Waals surface area (Å²) in [4.78, 5) is 0. The summed E-state index contributed by atoms with van der Waals surface area (Å²) in [7, 11) is 1.63. The van der Waals surface area contributed by atoms with Gasteiger partial charge in [-0.15, -0.1) is 0 Å². The van der Waals surface area contributed by atoms with Crippen molar-refractivity contribution in [2.24, 2.45) is 11.0 Å². The highest BCUT2D eigenvalue weighted by molar-refractivity contribution is 7.80. The molecule has 0 unspecified atom stereocenters. The molecule has 0 aliphatic carbocycles. The predicted octanol–water partition coefficient (Wildman–Crippen LogP) is 2.71. The van der Waals surface area contributed by atoms with Crippen LogP contribution in [0.15, 0.2) is 23.3 Å². The zero-order chi connectivity index (χ0) is 18.1. The Bertz CT molecular complexity index is 587. The predicted molar refractivity (Wildman–Crippen MR) is 104 cm³/mol. The number of ether oxygens (including phenoxy) is 3. The van der Waals surface area contributed by atoms with Crippen molar-refractivity contribution in [1.82, 2.24) is 10.7 Å². The van der Waals surface area contributed by atoms with Gasteiger partial charge in [-0.2, -0.15) is 5.10 Å². The van der Waals surface area contributed by atoms with E-state index in [0.717, 1.165) is 30.8 Å². The first kappa shape index (κ1) is 19.5. The highest BCUT2D eigenvalue weighted by Crippen LogP contribution is 2.27. The van der Waals surface area contributed by atoms with E-state index in [2.05, 4.69) is 29.7 Å². The molecule has 6 nitrogen and oxygen atoms in total. The Kier molecular flexibility index (Phi) is 7.94. The average molecular weight is 365 g/mol. The molecule has 1 aromatic rings. The van der Waals surface area contributed by atoms with Gasteiger partial charge in [0.15, 0.2) is 16.6 Å². The molecule has 1 heterocycles. The van der Waals surface area contributed by atoms with Crippen LogP contribution < -0.4 is 20.2 Å². The molecule has 1 fully saturated rings. The fourth-order valence-electron chi connectivity index (χ4n) is 2.36. The maximum absolute atomic E-state index is 5.74. The number of nitrogens with one attached hydrogen (secondary N) is 2. The Morgan fingerprint density at radius 1 is 1.44 bits per heavy atom. The van der Waals surface area contributed by atoms with Crippen molar-refractivity contribution < 1.29 is 14.2 Å². The van der Waals surface area contributed by atoms with E-state index in [0.29, 0.717) is 29.9 Å². The van der Waals surface area contributed by atoms with Gasteiger partial charge in [-0.1, -0.05) is 13.8 Å². The van der Waals surface area contributed by atoms with Crippen molar-refractivity contribution in [2.75, 3.05) is 26.9 Å². The first-order valence-corrected chi connectivity index (χ1v) is 8.98. The van der Waals surface area contributed by atoms with E-state index in [1.165, 1.54) is 0 Å². The van der Waals surface area contributed by atoms with Gasteiger partial charge in [0.2, 0.25) is 0 Å². The second-order valence-electron chi connectivity index (χ2n) is 6.33. The summed E-state index contributed by atoms with van der Waals surface area (Å²) in [6.45, 7) is 6.40. The van der Waals surface area contributed by atoms with Crippen LogP contribution in [0.5, 0.6) is 11.5 Å². The molecule has 1 atom stereocenters. The molecule has 0 bridgehead atoms. The van der Waals surface area contributed by atoms with Crippen molar-refractivity contribution >= 4 is 23.5 Å². The Morgan fingerprint density at radius 3 is 2.96 bits per heavy atom. The molecule has 138 valence electrons. The first-order chi connectivity index (χ1) is 12.1. The molecule has 1 aliphatic rings. The summed E-state index contributed by atoms with van der Waals surface area (Å²) in [5, 5.41) is 7.74. The van der Waals surface area contributed by atoms with Gasteiger partial charge >= 0.3 is 0 Å². The third-order valence-electron chi connectivity index (χ3n) is 3.65. The maximum atomic E-state index is 5.74. The standard InChI is InChI=1S/C18H27N3O3S/c1-13(2)12-24-16-7-6-14(9-17(16)22-3)10-20-21-18(25)19-11-15-5-4-8-23-15/h6-7,9-10,13,15H,4-5,8,11-12H2,1-3H3,(H2,19,21,25)/b20-10-/t15-/m1/s1. The third-order valence-corrected chi connectivity index (χ3v) is 3.89. The maximum Gasteiger partial charge on any atom is 0.187 e. The monoisotopic (exact) mass is 365 g/mol. The second kappa shape index (κ2) is 10.2. The third kappa shape index (κ3) is 6.88. The largest absolute Gasteiger partial charge is 0.493 e. The van der Waals surface area contributed by atoms with E-state index in [1.807, 2.05) is 18.2 Å². The fourth-order valence-corrected chi connectivity index (χ4v) is 2.49. The summed E-state index contributed by atoms with van der Waals surface area (Å²) in [6.07, 6.45) is 4.12. The van der Waals surface area contributed by atoms with E-state index in [-0.39, 0.29) is 6.10 Å². The molecule has 0 saturated carbocycles. The van der Waals surface area contributed by atoms with E-state index in [4.69, 9.17) is 26.4 Å². The molecule has 2 N–H and O–H groups in total. The number of thiocarbonyl (C=S) groups is 1. The Balaban J connectivity index is 1.81. The van der Waals surface area contributed by atoms with Crippen LogP contribution in [-0.2, 0) is 4.74 Å². The average Bonchev–Trinajstić information content (AvgIpc) is 3.12. The number of hydrogen-bond acceptors (Lipinski definition) is 5. The van der Waals surface area contributed by atoms with Gasteiger partial charge in [0, 0.05) is 13.2 Å². The minimum Gasteiger partial charge on any atom is -0.493 e. The van der Waals surface area contributed by atoms with Gasteiger partial charge in [-0.25, -0.2) is 0 Å². The van der Waals surface area contributed by atoms with Crippen LogP contribution in [0.25, 0.3) is 0 Å². The minimum atomic E-state index is 0.242. The smallest absolute Gasteiger partial charge is 0.187 e. The molecule has 0 spiro atoms. The summed E-state index contributed by atoms with van der Waals surface area (Å²) in [6, 6.07) is 5.69. The summed E-state index contributed by atoms with van der Waals surface area (Å²) in [5.74, 6) is 1.87. The van der Waals surface area contributed by atoms with Crippen LogP contribution in [0.3, 0.4) is 0 Å². The summed E-state index contributed by atoms with van der Waals surface area (Å²) < 4.78 is 16.7. The molecule has 0 aromatic heterocycles. The number of rotatable bonds is 8. The van der Waals surface area contributed by atoms with Crippen molar-refractivity contribution in [1.29, 1.82) is 0 Å². The number of nitrogens with zero attached hydrogens (tertiary/aromatic N) is 1. The van der Waals surface area contributed by atoms with E-state index < -0.39 is 0 Å². The van der Waals surface area contributed by atoms with Crippen molar-refractivity contribution in [3.05, 3.63) is 23.8 Å². The first-order valence-electron chi connectivity index (χ1n) is 8.58. The molecule has 1 aliphatic heterocycles. The van der Waals surface area contributed by atoms with Gasteiger partial charge in [0.1, 0.15) is 0 Å². The molecule has 25 heavy (non-hydrogen) atoms. The molecular formula is C18H27N3O3S. The van der Waals surface area contributed by atoms with Crippen LogP contribution in [-0.4, -0.2) is 44.3 Å². The molecule has 1 saturated heterocycles. The number of benzene rings is 1. The highest BCUT2D eigenvalue weighted by atomic mass is 32.1. The molecule has 2 rings (SSSR count). The summed E-state index contributed by atoms with van der Waals surface area (Å²) >= 11 is 5.20. The Morgan fingerprint density at radius 2 is 2.28 bits per heavy atom. The fraction of sp³-hybridized carbons (Fsp3) is 0.556. The second-order valence-corrected chi connectivity index (χ2v) is 6.74. The van der Waals surface area contributed by atoms with Gasteiger partial charge < -0.3 is 19.5 Å². The zero-order valence-corrected chi connectivity index (χ0v) is 15.9. The number of hydrogen-bond donors (Lipinski definition) is 2. The van der Waals surface area contributed by atoms with Gasteiger partial charge in [0.25, 0.3) is 0 Å². The molecule has 0 radical (unpaired) electrons. The van der Waals surface area contributed by atoms with Gasteiger partial charge in [-0.3, -0.25) is 5.43 Å². The highest BCUT2D eigenvalue weighted by Gasteiger charge is 2.15. The minimum absolute atomic E-state index is 0.242. The molecule has 1 aromatic carbocycles. The van der Waals surface area contributed by atoms with E-state index in [1.54, 1.807) is 13.3 Å². The quantitative estimate of drug-likeness (QED) is 0.420. The lowest BCUT2D eigenvalue weighted by Gasteiger charge is -2.13.